The highest BCUT2D eigenvalue weighted by atomic mass is 32.2. The van der Waals surface area contributed by atoms with Gasteiger partial charge in [-0.15, -0.1) is 0 Å². The van der Waals surface area contributed by atoms with Crippen molar-refractivity contribution in [2.45, 2.75) is 0 Å². The van der Waals surface area contributed by atoms with Gasteiger partial charge in [0, 0.05) is 24.0 Å². The molecule has 1 saturated heterocycles. The molecule has 0 radical (unpaired) electrons. The lowest BCUT2D eigenvalue weighted by Crippen LogP contribution is -2.36. The summed E-state index contributed by atoms with van der Waals surface area (Å²) in [5.41, 5.74) is 4.03. The SMILES string of the molecule is CS(=O)(=O)NC(=O)c1ccc(-c2c(C=Cc3ccc4ccccc4n3)nc3c(N4CCOCC4)ccnn23)cc1F. The second kappa shape index (κ2) is 10.7. The molecule has 6 rings (SSSR count). The number of amides is 1. The third kappa shape index (κ3) is 5.52. The van der Waals surface area contributed by atoms with Gasteiger partial charge < -0.3 is 9.64 Å². The molecule has 0 unspecified atom stereocenters. The Bertz CT molecular complexity index is 1930. The number of carbonyl (C=O) groups excluding carboxylic acids is 1. The highest BCUT2D eigenvalue weighted by Crippen LogP contribution is 2.31. The lowest BCUT2D eigenvalue weighted by Gasteiger charge is -2.28. The Hall–Kier alpha value is -4.68. The molecule has 0 saturated carbocycles. The van der Waals surface area contributed by atoms with Gasteiger partial charge in [-0.3, -0.25) is 4.79 Å². The first-order chi connectivity index (χ1) is 19.8. The van der Waals surface area contributed by atoms with Crippen molar-refractivity contribution in [1.29, 1.82) is 0 Å². The number of rotatable bonds is 6. The number of hydrogen-bond donors (Lipinski definition) is 1. The minimum Gasteiger partial charge on any atom is -0.378 e. The number of ether oxygens (including phenoxy) is 1. The number of para-hydroxylation sites is 1. The third-order valence-corrected chi connectivity index (χ3v) is 7.23. The van der Waals surface area contributed by atoms with Gasteiger partial charge in [0.1, 0.15) is 11.5 Å². The molecule has 208 valence electrons. The Balaban J connectivity index is 1.47. The number of sulfonamides is 1. The highest BCUT2D eigenvalue weighted by molar-refractivity contribution is 7.89. The standard InChI is InChI=1S/C29H25FN6O4S/c1-41(38,39)34-29(37)22-10-7-20(18-23(22)30)27-25(11-9-21-8-6-19-4-2-3-5-24(19)32-21)33-28-26(12-13-31-36(27)28)35-14-16-40-17-15-35/h2-13,18H,14-17H2,1H3,(H,34,37). The topological polar surface area (TPSA) is 119 Å². The van der Waals surface area contributed by atoms with Gasteiger partial charge in [0.2, 0.25) is 10.0 Å². The van der Waals surface area contributed by atoms with Crippen LogP contribution < -0.4 is 9.62 Å². The van der Waals surface area contributed by atoms with Gasteiger partial charge in [-0.1, -0.05) is 30.3 Å². The zero-order valence-electron chi connectivity index (χ0n) is 22.0. The van der Waals surface area contributed by atoms with E-state index in [0.717, 1.165) is 22.8 Å². The largest absolute Gasteiger partial charge is 0.378 e. The molecular formula is C29H25FN6O4S. The quantitative estimate of drug-likeness (QED) is 0.327. The molecule has 0 aliphatic carbocycles. The summed E-state index contributed by atoms with van der Waals surface area (Å²) in [6, 6.07) is 17.5. The molecule has 2 aromatic carbocycles. The molecule has 4 heterocycles. The van der Waals surface area contributed by atoms with Gasteiger partial charge >= 0.3 is 0 Å². The van der Waals surface area contributed by atoms with Crippen molar-refractivity contribution in [3.63, 3.8) is 0 Å². The molecule has 1 aliphatic rings. The van der Waals surface area contributed by atoms with E-state index in [1.54, 1.807) is 27.6 Å². The number of imidazole rings is 1. The molecule has 1 N–H and O–H groups in total. The first-order valence-corrected chi connectivity index (χ1v) is 14.7. The zero-order valence-corrected chi connectivity index (χ0v) is 22.8. The van der Waals surface area contributed by atoms with Gasteiger partial charge in [0.25, 0.3) is 5.91 Å². The molecule has 1 aliphatic heterocycles. The molecule has 41 heavy (non-hydrogen) atoms. The highest BCUT2D eigenvalue weighted by Gasteiger charge is 2.22. The summed E-state index contributed by atoms with van der Waals surface area (Å²) in [7, 11) is -3.86. The summed E-state index contributed by atoms with van der Waals surface area (Å²) in [5.74, 6) is -1.93. The summed E-state index contributed by atoms with van der Waals surface area (Å²) in [4.78, 5) is 24.1. The number of nitrogens with one attached hydrogen (secondary N) is 1. The van der Waals surface area contributed by atoms with E-state index in [9.17, 15) is 13.2 Å². The summed E-state index contributed by atoms with van der Waals surface area (Å²) in [5, 5.41) is 5.55. The minimum absolute atomic E-state index is 0.396. The fraction of sp³-hybridized carbons (Fsp3) is 0.172. The molecular weight excluding hydrogens is 547 g/mol. The number of morpholine rings is 1. The lowest BCUT2D eigenvalue weighted by molar-refractivity contribution is 0.0977. The van der Waals surface area contributed by atoms with Crippen LogP contribution in [0.25, 0.3) is 40.0 Å². The van der Waals surface area contributed by atoms with Crippen LogP contribution in [0.1, 0.15) is 21.7 Å². The third-order valence-electron chi connectivity index (χ3n) is 6.67. The van der Waals surface area contributed by atoms with Crippen LogP contribution >= 0.6 is 0 Å². The summed E-state index contributed by atoms with van der Waals surface area (Å²) >= 11 is 0. The number of benzene rings is 2. The number of carbonyl (C=O) groups is 1. The normalized spacial score (nSPS) is 14.2. The predicted molar refractivity (Wildman–Crippen MR) is 154 cm³/mol. The number of pyridine rings is 1. The predicted octanol–water partition coefficient (Wildman–Crippen LogP) is 3.78. The smallest absolute Gasteiger partial charge is 0.267 e. The van der Waals surface area contributed by atoms with Crippen molar-refractivity contribution in [1.82, 2.24) is 24.3 Å². The number of aromatic nitrogens is 4. The van der Waals surface area contributed by atoms with Crippen LogP contribution in [0.5, 0.6) is 0 Å². The van der Waals surface area contributed by atoms with Gasteiger partial charge in [-0.05, 0) is 42.5 Å². The Kier molecular flexibility index (Phi) is 6.93. The summed E-state index contributed by atoms with van der Waals surface area (Å²) in [6.45, 7) is 2.55. The van der Waals surface area contributed by atoms with Crippen LogP contribution in [-0.4, -0.2) is 66.5 Å². The van der Waals surface area contributed by atoms with E-state index in [0.29, 0.717) is 54.6 Å². The fourth-order valence-corrected chi connectivity index (χ4v) is 5.25. The maximum absolute atomic E-state index is 15.2. The van der Waals surface area contributed by atoms with Crippen molar-refractivity contribution in [2.24, 2.45) is 0 Å². The molecule has 10 nitrogen and oxygen atoms in total. The van der Waals surface area contributed by atoms with Gasteiger partial charge in [-0.25, -0.2) is 32.0 Å². The maximum Gasteiger partial charge on any atom is 0.267 e. The van der Waals surface area contributed by atoms with Crippen molar-refractivity contribution >= 4 is 50.3 Å². The monoisotopic (exact) mass is 572 g/mol. The Morgan fingerprint density at radius 1 is 1.02 bits per heavy atom. The lowest BCUT2D eigenvalue weighted by atomic mass is 10.1. The Morgan fingerprint density at radius 2 is 1.83 bits per heavy atom. The van der Waals surface area contributed by atoms with E-state index in [4.69, 9.17) is 14.7 Å². The Labute approximate surface area is 235 Å². The summed E-state index contributed by atoms with van der Waals surface area (Å²) in [6.07, 6.45) is 6.12. The first kappa shape index (κ1) is 26.5. The number of fused-ring (bicyclic) bond motifs is 2. The van der Waals surface area contributed by atoms with Crippen LogP contribution in [0.3, 0.4) is 0 Å². The van der Waals surface area contributed by atoms with Gasteiger partial charge in [-0.2, -0.15) is 5.10 Å². The van der Waals surface area contributed by atoms with Crippen LogP contribution in [-0.2, 0) is 14.8 Å². The van der Waals surface area contributed by atoms with Crippen molar-refractivity contribution in [2.75, 3.05) is 37.5 Å². The van der Waals surface area contributed by atoms with E-state index in [2.05, 4.69) is 10.00 Å². The number of nitrogens with zero attached hydrogens (tertiary/aromatic N) is 5. The molecule has 12 heteroatoms. The molecule has 3 aromatic heterocycles. The van der Waals surface area contributed by atoms with E-state index >= 15 is 4.39 Å². The van der Waals surface area contributed by atoms with E-state index in [1.807, 2.05) is 48.5 Å². The molecule has 5 aromatic rings. The van der Waals surface area contributed by atoms with E-state index in [-0.39, 0.29) is 0 Å². The fourth-order valence-electron chi connectivity index (χ4n) is 4.80. The van der Waals surface area contributed by atoms with Gasteiger partial charge in [0.15, 0.2) is 5.65 Å². The molecule has 0 spiro atoms. The number of anilines is 1. The maximum atomic E-state index is 15.2. The molecule has 1 amide bonds. The number of hydrogen-bond acceptors (Lipinski definition) is 8. The molecule has 0 bridgehead atoms. The number of halogens is 1. The van der Waals surface area contributed by atoms with Crippen molar-refractivity contribution in [3.8, 4) is 11.3 Å². The average molecular weight is 573 g/mol. The van der Waals surface area contributed by atoms with Crippen LogP contribution in [0.4, 0.5) is 10.1 Å². The second-order valence-electron chi connectivity index (χ2n) is 9.56. The van der Waals surface area contributed by atoms with E-state index in [1.165, 1.54) is 12.1 Å². The molecule has 1 fully saturated rings. The second-order valence-corrected chi connectivity index (χ2v) is 11.3. The average Bonchev–Trinajstić information content (AvgIpc) is 3.34. The van der Waals surface area contributed by atoms with Crippen LogP contribution in [0, 0.1) is 5.82 Å². The first-order valence-electron chi connectivity index (χ1n) is 12.8. The van der Waals surface area contributed by atoms with Crippen molar-refractivity contribution in [3.05, 3.63) is 89.6 Å². The minimum atomic E-state index is -3.86. The van der Waals surface area contributed by atoms with Gasteiger partial charge in [0.05, 0.1) is 53.8 Å². The van der Waals surface area contributed by atoms with Crippen molar-refractivity contribution < 1.29 is 22.3 Å². The Morgan fingerprint density at radius 3 is 2.61 bits per heavy atom. The zero-order chi connectivity index (χ0) is 28.6. The van der Waals surface area contributed by atoms with Crippen LogP contribution in [0.2, 0.25) is 0 Å². The molecule has 0 atom stereocenters. The van der Waals surface area contributed by atoms with Crippen LogP contribution in [0.15, 0.2) is 66.9 Å². The summed E-state index contributed by atoms with van der Waals surface area (Å²) < 4.78 is 47.2. The van der Waals surface area contributed by atoms with E-state index < -0.39 is 27.3 Å².